The maximum absolute atomic E-state index is 12.9. The smallest absolute Gasteiger partial charge is 0.228 e. The minimum Gasteiger partial charge on any atom is -0.287 e. The van der Waals surface area contributed by atoms with Gasteiger partial charge in [-0.1, -0.05) is 24.7 Å². The summed E-state index contributed by atoms with van der Waals surface area (Å²) in [6, 6.07) is 6.10. The molecule has 6 heteroatoms. The van der Waals surface area contributed by atoms with Crippen LogP contribution < -0.4 is 4.90 Å². The van der Waals surface area contributed by atoms with Crippen molar-refractivity contribution in [1.29, 1.82) is 0 Å². The van der Waals surface area contributed by atoms with E-state index in [0.717, 1.165) is 18.4 Å². The van der Waals surface area contributed by atoms with Crippen LogP contribution in [0.15, 0.2) is 24.3 Å². The molecule has 0 aliphatic carbocycles. The number of amides is 1. The summed E-state index contributed by atoms with van der Waals surface area (Å²) in [6.07, 6.45) is 2.38. The van der Waals surface area contributed by atoms with Gasteiger partial charge >= 0.3 is 0 Å². The Labute approximate surface area is 127 Å². The highest BCUT2D eigenvalue weighted by molar-refractivity contribution is 7.18. The predicted molar refractivity (Wildman–Crippen MR) is 82.9 cm³/mol. The Morgan fingerprint density at radius 1 is 1.24 bits per heavy atom. The summed E-state index contributed by atoms with van der Waals surface area (Å²) >= 11 is 1.35. The average Bonchev–Trinajstić information content (AvgIpc) is 2.96. The Hall–Kier alpha value is -1.82. The Bertz CT molecular complexity index is 597. The fraction of sp³-hybridized carbons (Fsp3) is 0.400. The number of benzene rings is 1. The highest BCUT2D eigenvalue weighted by Crippen LogP contribution is 2.29. The van der Waals surface area contributed by atoms with Crippen LogP contribution in [0, 0.1) is 5.82 Å². The van der Waals surface area contributed by atoms with E-state index < -0.39 is 0 Å². The van der Waals surface area contributed by atoms with Crippen LogP contribution in [0.5, 0.6) is 0 Å². The molecule has 1 amide bonds. The summed E-state index contributed by atoms with van der Waals surface area (Å²) in [4.78, 5) is 13.8. The molecule has 1 aromatic carbocycles. The Balaban J connectivity index is 2.17. The molecule has 0 aliphatic rings. The first kappa shape index (κ1) is 15.6. The van der Waals surface area contributed by atoms with Gasteiger partial charge in [-0.3, -0.25) is 9.69 Å². The second-order valence-electron chi connectivity index (χ2n) is 4.64. The van der Waals surface area contributed by atoms with Crippen LogP contribution in [0.3, 0.4) is 0 Å². The van der Waals surface area contributed by atoms with Crippen LogP contribution in [-0.4, -0.2) is 22.6 Å². The van der Waals surface area contributed by atoms with Crippen LogP contribution in [-0.2, 0) is 4.79 Å². The Morgan fingerprint density at radius 3 is 2.57 bits per heavy atom. The second kappa shape index (κ2) is 7.26. The zero-order chi connectivity index (χ0) is 15.2. The van der Waals surface area contributed by atoms with Crippen LogP contribution in [0.2, 0.25) is 0 Å². The Morgan fingerprint density at radius 2 is 1.95 bits per heavy atom. The molecule has 0 fully saturated rings. The number of hydrogen-bond acceptors (Lipinski definition) is 4. The molecule has 0 N–H and O–H groups in total. The van der Waals surface area contributed by atoms with Crippen molar-refractivity contribution in [2.24, 2.45) is 0 Å². The molecule has 0 aliphatic heterocycles. The van der Waals surface area contributed by atoms with Gasteiger partial charge in [0.05, 0.1) is 0 Å². The van der Waals surface area contributed by atoms with E-state index in [1.807, 2.05) is 6.92 Å². The van der Waals surface area contributed by atoms with Gasteiger partial charge < -0.3 is 0 Å². The summed E-state index contributed by atoms with van der Waals surface area (Å²) in [5.74, 6) is -0.213. The van der Waals surface area contributed by atoms with E-state index in [2.05, 4.69) is 17.1 Å². The molecule has 0 saturated heterocycles. The molecule has 0 radical (unpaired) electrons. The number of anilines is 1. The lowest BCUT2D eigenvalue weighted by molar-refractivity contribution is -0.118. The van der Waals surface area contributed by atoms with Gasteiger partial charge in [0.25, 0.3) is 0 Å². The number of hydrogen-bond donors (Lipinski definition) is 0. The molecule has 21 heavy (non-hydrogen) atoms. The van der Waals surface area contributed by atoms with Gasteiger partial charge in [0, 0.05) is 18.5 Å². The molecule has 0 spiro atoms. The van der Waals surface area contributed by atoms with E-state index in [-0.39, 0.29) is 11.7 Å². The summed E-state index contributed by atoms with van der Waals surface area (Å²) in [6.45, 7) is 4.55. The third kappa shape index (κ3) is 3.85. The van der Waals surface area contributed by atoms with Crippen molar-refractivity contribution in [2.75, 3.05) is 11.4 Å². The molecule has 4 nitrogen and oxygen atoms in total. The maximum atomic E-state index is 12.9. The molecule has 2 rings (SSSR count). The van der Waals surface area contributed by atoms with Crippen LogP contribution in [0.1, 0.15) is 33.1 Å². The number of carbonyl (C=O) groups excluding carboxylic acids is 1. The predicted octanol–water partition coefficient (Wildman–Crippen LogP) is 3.89. The first-order chi connectivity index (χ1) is 10.2. The highest BCUT2D eigenvalue weighted by Gasteiger charge is 2.18. The summed E-state index contributed by atoms with van der Waals surface area (Å²) in [5, 5.41) is 9.48. The number of unbranched alkanes of at least 4 members (excludes halogenated alkanes) is 1. The van der Waals surface area contributed by atoms with Crippen LogP contribution in [0.4, 0.5) is 9.52 Å². The van der Waals surface area contributed by atoms with Gasteiger partial charge in [-0.25, -0.2) is 4.39 Å². The number of halogens is 1. The highest BCUT2D eigenvalue weighted by atomic mass is 32.1. The average molecular weight is 307 g/mol. The molecule has 1 aromatic heterocycles. The normalized spacial score (nSPS) is 10.6. The standard InChI is InChI=1S/C15H18FN3OS/c1-3-5-6-13(20)19(4-2)15-18-17-14(21-15)11-7-9-12(16)10-8-11/h7-10H,3-6H2,1-2H3. The first-order valence-electron chi connectivity index (χ1n) is 7.05. The lowest BCUT2D eigenvalue weighted by atomic mass is 10.2. The van der Waals surface area contributed by atoms with Crippen molar-refractivity contribution in [3.8, 4) is 10.6 Å². The van der Waals surface area contributed by atoms with Gasteiger partial charge in [0.1, 0.15) is 10.8 Å². The summed E-state index contributed by atoms with van der Waals surface area (Å²) < 4.78 is 12.9. The third-order valence-electron chi connectivity index (χ3n) is 3.10. The number of nitrogens with zero attached hydrogens (tertiary/aromatic N) is 3. The number of carbonyl (C=O) groups is 1. The Kier molecular flexibility index (Phi) is 5.38. The number of aromatic nitrogens is 2. The van der Waals surface area contributed by atoms with Crippen LogP contribution >= 0.6 is 11.3 Å². The fourth-order valence-electron chi connectivity index (χ4n) is 1.91. The van der Waals surface area contributed by atoms with Crippen molar-refractivity contribution >= 4 is 22.4 Å². The van der Waals surface area contributed by atoms with Gasteiger partial charge in [0.2, 0.25) is 11.0 Å². The molecule has 2 aromatic rings. The van der Waals surface area contributed by atoms with E-state index in [4.69, 9.17) is 0 Å². The second-order valence-corrected chi connectivity index (χ2v) is 5.59. The van der Waals surface area contributed by atoms with Crippen LogP contribution in [0.25, 0.3) is 10.6 Å². The van der Waals surface area contributed by atoms with E-state index in [1.165, 1.54) is 23.5 Å². The van der Waals surface area contributed by atoms with Crippen molar-refractivity contribution in [3.05, 3.63) is 30.1 Å². The van der Waals surface area contributed by atoms with E-state index in [0.29, 0.717) is 23.1 Å². The summed E-state index contributed by atoms with van der Waals surface area (Å²) in [7, 11) is 0. The third-order valence-corrected chi connectivity index (χ3v) is 4.09. The largest absolute Gasteiger partial charge is 0.287 e. The monoisotopic (exact) mass is 307 g/mol. The maximum Gasteiger partial charge on any atom is 0.228 e. The SMILES string of the molecule is CCCCC(=O)N(CC)c1nnc(-c2ccc(F)cc2)s1. The fourth-order valence-corrected chi connectivity index (χ4v) is 2.85. The lowest BCUT2D eigenvalue weighted by Crippen LogP contribution is -2.30. The minimum atomic E-state index is -0.284. The van der Waals surface area contributed by atoms with Gasteiger partial charge in [-0.05, 0) is 37.6 Å². The minimum absolute atomic E-state index is 0.0705. The van der Waals surface area contributed by atoms with E-state index in [1.54, 1.807) is 17.0 Å². The van der Waals surface area contributed by atoms with E-state index in [9.17, 15) is 9.18 Å². The van der Waals surface area contributed by atoms with Crippen molar-refractivity contribution < 1.29 is 9.18 Å². The zero-order valence-electron chi connectivity index (χ0n) is 12.2. The molecule has 112 valence electrons. The molecule has 0 unspecified atom stereocenters. The molecule has 0 saturated carbocycles. The molecule has 1 heterocycles. The van der Waals surface area contributed by atoms with Gasteiger partial charge in [-0.2, -0.15) is 0 Å². The van der Waals surface area contributed by atoms with Crippen molar-refractivity contribution in [2.45, 2.75) is 33.1 Å². The number of rotatable bonds is 6. The van der Waals surface area contributed by atoms with Crippen molar-refractivity contribution in [3.63, 3.8) is 0 Å². The zero-order valence-corrected chi connectivity index (χ0v) is 13.0. The first-order valence-corrected chi connectivity index (χ1v) is 7.87. The summed E-state index contributed by atoms with van der Waals surface area (Å²) in [5.41, 5.74) is 0.803. The molecule has 0 bridgehead atoms. The topological polar surface area (TPSA) is 46.1 Å². The quantitative estimate of drug-likeness (QED) is 0.813. The van der Waals surface area contributed by atoms with Crippen molar-refractivity contribution in [1.82, 2.24) is 10.2 Å². The van der Waals surface area contributed by atoms with Gasteiger partial charge in [-0.15, -0.1) is 10.2 Å². The van der Waals surface area contributed by atoms with Gasteiger partial charge in [0.15, 0.2) is 0 Å². The molecule has 0 atom stereocenters. The molecular weight excluding hydrogens is 289 g/mol. The molecular formula is C15H18FN3OS. The lowest BCUT2D eigenvalue weighted by Gasteiger charge is -2.16. The van der Waals surface area contributed by atoms with E-state index >= 15 is 0 Å².